The molecule has 0 unspecified atom stereocenters. The van der Waals surface area contributed by atoms with E-state index in [0.29, 0.717) is 17.0 Å². The molecule has 5 heteroatoms. The molecule has 0 fully saturated rings. The van der Waals surface area contributed by atoms with E-state index in [4.69, 9.17) is 5.26 Å². The Hall–Kier alpha value is -3.75. The Morgan fingerprint density at radius 2 is 1.77 bits per heavy atom. The molecular formula is C25H17N3OS. The van der Waals surface area contributed by atoms with Crippen LogP contribution in [0.25, 0.3) is 17.0 Å². The highest BCUT2D eigenvalue weighted by Crippen LogP contribution is 2.39. The van der Waals surface area contributed by atoms with E-state index in [2.05, 4.69) is 34.3 Å². The minimum atomic E-state index is -0.0809. The van der Waals surface area contributed by atoms with Gasteiger partial charge >= 0.3 is 0 Å². The van der Waals surface area contributed by atoms with Gasteiger partial charge in [0.1, 0.15) is 0 Å². The van der Waals surface area contributed by atoms with Crippen LogP contribution in [-0.4, -0.2) is 10.5 Å². The molecule has 0 saturated heterocycles. The van der Waals surface area contributed by atoms with Crippen molar-refractivity contribution in [3.05, 3.63) is 101 Å². The maximum absolute atomic E-state index is 12.6. The summed E-state index contributed by atoms with van der Waals surface area (Å²) >= 11 is 1.50. The first-order valence-electron chi connectivity index (χ1n) is 9.58. The van der Waals surface area contributed by atoms with Crippen LogP contribution < -0.4 is 5.32 Å². The van der Waals surface area contributed by atoms with E-state index in [1.807, 2.05) is 66.7 Å². The summed E-state index contributed by atoms with van der Waals surface area (Å²) in [5.74, 6) is -0.0809. The first-order chi connectivity index (χ1) is 14.7. The number of anilines is 1. The van der Waals surface area contributed by atoms with Crippen LogP contribution >= 0.6 is 11.8 Å². The number of thioether (sulfide) groups is 1. The molecule has 0 bridgehead atoms. The average molecular weight is 407 g/mol. The number of nitrogens with zero attached hydrogens (tertiary/aromatic N) is 2. The number of carbonyl (C=O) groups excluding carboxylic acids is 1. The summed E-state index contributed by atoms with van der Waals surface area (Å²) in [6, 6.07) is 25.8. The zero-order valence-electron chi connectivity index (χ0n) is 16.0. The lowest BCUT2D eigenvalue weighted by atomic mass is 10.1. The van der Waals surface area contributed by atoms with Crippen LogP contribution in [0, 0.1) is 11.3 Å². The van der Waals surface area contributed by atoms with E-state index < -0.39 is 0 Å². The van der Waals surface area contributed by atoms with E-state index in [1.165, 1.54) is 11.8 Å². The average Bonchev–Trinajstić information content (AvgIpc) is 3.12. The molecule has 4 aromatic rings. The number of nitriles is 1. The van der Waals surface area contributed by atoms with Crippen LogP contribution in [0.3, 0.4) is 0 Å². The van der Waals surface area contributed by atoms with Crippen LogP contribution in [0.4, 0.5) is 5.69 Å². The molecule has 30 heavy (non-hydrogen) atoms. The number of nitrogens with one attached hydrogen (secondary N) is 1. The van der Waals surface area contributed by atoms with Gasteiger partial charge in [-0.2, -0.15) is 5.26 Å². The molecule has 2 heterocycles. The third-order valence-corrected chi connectivity index (χ3v) is 6.22. The quantitative estimate of drug-likeness (QED) is 0.447. The fourth-order valence-electron chi connectivity index (χ4n) is 3.65. The molecule has 3 aromatic carbocycles. The molecule has 1 aliphatic heterocycles. The minimum Gasteiger partial charge on any atom is -0.342 e. The molecule has 0 aliphatic carbocycles. The van der Waals surface area contributed by atoms with Gasteiger partial charge in [0, 0.05) is 34.1 Å². The molecule has 0 saturated carbocycles. The Bertz CT molecular complexity index is 1340. The standard InChI is InChI=1S/C25H17N3OS/c26-14-17-9-11-18(12-10-17)15-28-16-19(20-5-1-3-7-22(20)28)13-24-25(29)27-21-6-2-4-8-23(21)30-24/h1-13,16H,15H2,(H,27,29)/b24-13-. The summed E-state index contributed by atoms with van der Waals surface area (Å²) in [5, 5.41) is 13.1. The van der Waals surface area contributed by atoms with Crippen LogP contribution in [0.5, 0.6) is 0 Å². The first kappa shape index (κ1) is 18.3. The summed E-state index contributed by atoms with van der Waals surface area (Å²) in [6.45, 7) is 0.692. The molecule has 0 radical (unpaired) electrons. The van der Waals surface area contributed by atoms with Crippen LogP contribution in [0.15, 0.2) is 88.8 Å². The summed E-state index contributed by atoms with van der Waals surface area (Å²) < 4.78 is 2.18. The van der Waals surface area contributed by atoms with Gasteiger partial charge in [0.2, 0.25) is 0 Å². The molecular weight excluding hydrogens is 390 g/mol. The second kappa shape index (κ2) is 7.58. The number of amides is 1. The van der Waals surface area contributed by atoms with E-state index >= 15 is 0 Å². The van der Waals surface area contributed by atoms with Gasteiger partial charge in [0.05, 0.1) is 22.2 Å². The minimum absolute atomic E-state index is 0.0809. The normalized spacial score (nSPS) is 14.4. The van der Waals surface area contributed by atoms with Crippen LogP contribution in [0.1, 0.15) is 16.7 Å². The van der Waals surface area contributed by atoms with Crippen molar-refractivity contribution in [2.75, 3.05) is 5.32 Å². The highest BCUT2D eigenvalue weighted by Gasteiger charge is 2.21. The van der Waals surface area contributed by atoms with Gasteiger partial charge in [-0.05, 0) is 42.0 Å². The third-order valence-electron chi connectivity index (χ3n) is 5.12. The lowest BCUT2D eigenvalue weighted by Gasteiger charge is -2.18. The van der Waals surface area contributed by atoms with Gasteiger partial charge in [-0.3, -0.25) is 4.79 Å². The van der Waals surface area contributed by atoms with Crippen molar-refractivity contribution in [1.29, 1.82) is 5.26 Å². The van der Waals surface area contributed by atoms with Gasteiger partial charge in [0.25, 0.3) is 5.91 Å². The van der Waals surface area contributed by atoms with Gasteiger partial charge in [-0.15, -0.1) is 0 Å². The number of rotatable bonds is 3. The Morgan fingerprint density at radius 3 is 2.60 bits per heavy atom. The fourth-order valence-corrected chi connectivity index (χ4v) is 4.59. The molecule has 0 spiro atoms. The summed E-state index contributed by atoms with van der Waals surface area (Å²) in [4.78, 5) is 14.3. The summed E-state index contributed by atoms with van der Waals surface area (Å²) in [6.07, 6.45) is 4.05. The highest BCUT2D eigenvalue weighted by atomic mass is 32.2. The second-order valence-corrected chi connectivity index (χ2v) is 8.18. The molecule has 4 nitrogen and oxygen atoms in total. The van der Waals surface area contributed by atoms with Crippen molar-refractivity contribution >= 4 is 40.3 Å². The smallest absolute Gasteiger partial charge is 0.262 e. The third kappa shape index (κ3) is 3.38. The Morgan fingerprint density at radius 1 is 1.00 bits per heavy atom. The fraction of sp³-hybridized carbons (Fsp3) is 0.0400. The summed E-state index contributed by atoms with van der Waals surface area (Å²) in [5.41, 5.74) is 4.74. The van der Waals surface area contributed by atoms with Crippen molar-refractivity contribution < 1.29 is 4.79 Å². The van der Waals surface area contributed by atoms with E-state index in [0.717, 1.165) is 32.6 Å². The van der Waals surface area contributed by atoms with Crippen LogP contribution in [-0.2, 0) is 11.3 Å². The SMILES string of the molecule is N#Cc1ccc(Cn2cc(/C=C3\Sc4ccccc4NC3=O)c3ccccc32)cc1. The largest absolute Gasteiger partial charge is 0.342 e. The van der Waals surface area contributed by atoms with Gasteiger partial charge in [-0.25, -0.2) is 0 Å². The number of benzene rings is 3. The number of hydrogen-bond donors (Lipinski definition) is 1. The number of fused-ring (bicyclic) bond motifs is 2. The second-order valence-electron chi connectivity index (χ2n) is 7.10. The predicted molar refractivity (Wildman–Crippen MR) is 121 cm³/mol. The topological polar surface area (TPSA) is 57.8 Å². The molecule has 1 aromatic heterocycles. The molecule has 5 rings (SSSR count). The molecule has 1 amide bonds. The summed E-state index contributed by atoms with van der Waals surface area (Å²) in [7, 11) is 0. The number of aromatic nitrogens is 1. The van der Waals surface area contributed by atoms with E-state index in [1.54, 1.807) is 0 Å². The molecule has 1 N–H and O–H groups in total. The Kier molecular flexibility index (Phi) is 4.62. The number of para-hydroxylation sites is 2. The first-order valence-corrected chi connectivity index (χ1v) is 10.4. The zero-order chi connectivity index (χ0) is 20.5. The molecule has 0 atom stereocenters. The van der Waals surface area contributed by atoms with Crippen LogP contribution in [0.2, 0.25) is 0 Å². The van der Waals surface area contributed by atoms with Crippen molar-refractivity contribution in [3.8, 4) is 6.07 Å². The molecule has 1 aliphatic rings. The molecule has 144 valence electrons. The number of hydrogen-bond acceptors (Lipinski definition) is 3. The van der Waals surface area contributed by atoms with Crippen molar-refractivity contribution in [2.24, 2.45) is 0 Å². The van der Waals surface area contributed by atoms with Gasteiger partial charge in [0.15, 0.2) is 0 Å². The lowest BCUT2D eigenvalue weighted by molar-refractivity contribution is -0.112. The van der Waals surface area contributed by atoms with Gasteiger partial charge < -0.3 is 9.88 Å². The monoisotopic (exact) mass is 407 g/mol. The predicted octanol–water partition coefficient (Wildman–Crippen LogP) is 5.65. The van der Waals surface area contributed by atoms with E-state index in [-0.39, 0.29) is 5.91 Å². The van der Waals surface area contributed by atoms with E-state index in [9.17, 15) is 4.79 Å². The Balaban J connectivity index is 1.53. The van der Waals surface area contributed by atoms with Crippen molar-refractivity contribution in [1.82, 2.24) is 4.57 Å². The highest BCUT2D eigenvalue weighted by molar-refractivity contribution is 8.04. The number of carbonyl (C=O) groups is 1. The maximum Gasteiger partial charge on any atom is 0.262 e. The Labute approximate surface area is 178 Å². The van der Waals surface area contributed by atoms with Crippen molar-refractivity contribution in [3.63, 3.8) is 0 Å². The lowest BCUT2D eigenvalue weighted by Crippen LogP contribution is -2.16. The van der Waals surface area contributed by atoms with Crippen molar-refractivity contribution in [2.45, 2.75) is 11.4 Å². The zero-order valence-corrected chi connectivity index (χ0v) is 16.8. The maximum atomic E-state index is 12.6. The van der Waals surface area contributed by atoms with Gasteiger partial charge in [-0.1, -0.05) is 54.2 Å².